The van der Waals surface area contributed by atoms with Gasteiger partial charge in [-0.1, -0.05) is 48.0 Å². The fourth-order valence-corrected chi connectivity index (χ4v) is 3.63. The third-order valence-electron chi connectivity index (χ3n) is 5.02. The molecule has 1 amide bonds. The van der Waals surface area contributed by atoms with Crippen LogP contribution in [0, 0.1) is 6.92 Å². The Bertz CT molecular complexity index is 1210. The zero-order valence-electron chi connectivity index (χ0n) is 18.0. The Kier molecular flexibility index (Phi) is 6.82. The van der Waals surface area contributed by atoms with E-state index < -0.39 is 0 Å². The molecule has 0 bridgehead atoms. The van der Waals surface area contributed by atoms with Crippen LogP contribution in [-0.2, 0) is 6.54 Å². The fourth-order valence-electron chi connectivity index (χ4n) is 3.22. The van der Waals surface area contributed by atoms with Gasteiger partial charge in [0.25, 0.3) is 5.91 Å². The Morgan fingerprint density at radius 1 is 0.938 bits per heavy atom. The second-order valence-corrected chi connectivity index (χ2v) is 8.27. The standard InChI is InChI=1S/C26H24N4OS/c1-18-6-10-20(11-7-18)24-15-25(29-17-28-24)30-22-5-3-4-21(14-22)26(31)27-16-19-8-12-23(32-2)13-9-19/h3-15,17H,16H2,1-2H3,(H,27,31)(H,28,29,30). The van der Waals surface area contributed by atoms with E-state index in [4.69, 9.17) is 0 Å². The number of hydrogen-bond donors (Lipinski definition) is 2. The number of hydrogen-bond acceptors (Lipinski definition) is 5. The number of amides is 1. The molecule has 0 atom stereocenters. The molecule has 0 fully saturated rings. The summed E-state index contributed by atoms with van der Waals surface area (Å²) in [6.45, 7) is 2.54. The van der Waals surface area contributed by atoms with Gasteiger partial charge in [0.15, 0.2) is 0 Å². The molecule has 32 heavy (non-hydrogen) atoms. The van der Waals surface area contributed by atoms with Gasteiger partial charge in [-0.15, -0.1) is 11.8 Å². The molecule has 0 spiro atoms. The number of anilines is 2. The Balaban J connectivity index is 1.43. The van der Waals surface area contributed by atoms with Crippen molar-refractivity contribution in [3.8, 4) is 11.3 Å². The van der Waals surface area contributed by atoms with Crippen LogP contribution in [0.3, 0.4) is 0 Å². The van der Waals surface area contributed by atoms with Gasteiger partial charge in [0.1, 0.15) is 12.1 Å². The highest BCUT2D eigenvalue weighted by molar-refractivity contribution is 7.98. The minimum Gasteiger partial charge on any atom is -0.348 e. The van der Waals surface area contributed by atoms with Crippen LogP contribution < -0.4 is 10.6 Å². The van der Waals surface area contributed by atoms with Crippen molar-refractivity contribution in [3.05, 3.63) is 102 Å². The molecule has 160 valence electrons. The number of carbonyl (C=O) groups excluding carboxylic acids is 1. The van der Waals surface area contributed by atoms with E-state index in [2.05, 4.69) is 51.8 Å². The minimum atomic E-state index is -0.120. The van der Waals surface area contributed by atoms with Gasteiger partial charge in [-0.2, -0.15) is 0 Å². The van der Waals surface area contributed by atoms with E-state index in [9.17, 15) is 4.79 Å². The second kappa shape index (κ2) is 10.1. The molecule has 3 aromatic carbocycles. The molecule has 0 unspecified atom stereocenters. The first kappa shape index (κ1) is 21.6. The molecule has 0 aliphatic rings. The summed E-state index contributed by atoms with van der Waals surface area (Å²) in [6, 6.07) is 25.7. The van der Waals surface area contributed by atoms with Gasteiger partial charge in [0.05, 0.1) is 5.69 Å². The number of rotatable bonds is 7. The van der Waals surface area contributed by atoms with Gasteiger partial charge in [-0.05, 0) is 49.1 Å². The molecule has 1 aromatic heterocycles. The van der Waals surface area contributed by atoms with Crippen molar-refractivity contribution in [1.29, 1.82) is 0 Å². The summed E-state index contributed by atoms with van der Waals surface area (Å²) in [5, 5.41) is 6.25. The zero-order chi connectivity index (χ0) is 22.3. The molecule has 4 aromatic rings. The highest BCUT2D eigenvalue weighted by Crippen LogP contribution is 2.22. The van der Waals surface area contributed by atoms with Crippen LogP contribution in [0.2, 0.25) is 0 Å². The number of aromatic nitrogens is 2. The molecule has 2 N–H and O–H groups in total. The Morgan fingerprint density at radius 2 is 1.72 bits per heavy atom. The van der Waals surface area contributed by atoms with Gasteiger partial charge in [0, 0.05) is 34.3 Å². The SMILES string of the molecule is CSc1ccc(CNC(=O)c2cccc(Nc3cc(-c4ccc(C)cc4)ncn3)c2)cc1. The number of nitrogens with one attached hydrogen (secondary N) is 2. The van der Waals surface area contributed by atoms with E-state index >= 15 is 0 Å². The summed E-state index contributed by atoms with van der Waals surface area (Å²) in [6.07, 6.45) is 3.58. The van der Waals surface area contributed by atoms with Crippen molar-refractivity contribution in [2.75, 3.05) is 11.6 Å². The predicted octanol–water partition coefficient (Wildman–Crippen LogP) is 5.85. The summed E-state index contributed by atoms with van der Waals surface area (Å²) in [5.41, 5.74) is 5.51. The van der Waals surface area contributed by atoms with Crippen molar-refractivity contribution in [2.45, 2.75) is 18.4 Å². The minimum absolute atomic E-state index is 0.120. The average molecular weight is 441 g/mol. The van der Waals surface area contributed by atoms with Gasteiger partial charge in [0.2, 0.25) is 0 Å². The van der Waals surface area contributed by atoms with Crippen molar-refractivity contribution >= 4 is 29.2 Å². The first-order valence-electron chi connectivity index (χ1n) is 10.3. The lowest BCUT2D eigenvalue weighted by atomic mass is 10.1. The summed E-state index contributed by atoms with van der Waals surface area (Å²) >= 11 is 1.70. The molecule has 0 saturated heterocycles. The molecule has 0 aliphatic carbocycles. The largest absolute Gasteiger partial charge is 0.348 e. The molecule has 6 heteroatoms. The number of benzene rings is 3. The maximum atomic E-state index is 12.6. The smallest absolute Gasteiger partial charge is 0.251 e. The van der Waals surface area contributed by atoms with Crippen LogP contribution in [0.4, 0.5) is 11.5 Å². The molecule has 0 saturated carbocycles. The third-order valence-corrected chi connectivity index (χ3v) is 5.77. The number of thioether (sulfide) groups is 1. The molecule has 1 heterocycles. The summed E-state index contributed by atoms with van der Waals surface area (Å²) in [7, 11) is 0. The van der Waals surface area contributed by atoms with Gasteiger partial charge >= 0.3 is 0 Å². The molecular formula is C26H24N4OS. The molecular weight excluding hydrogens is 416 g/mol. The molecule has 0 radical (unpaired) electrons. The van der Waals surface area contributed by atoms with E-state index in [1.807, 2.05) is 54.8 Å². The van der Waals surface area contributed by atoms with E-state index in [0.29, 0.717) is 17.9 Å². The van der Waals surface area contributed by atoms with E-state index in [-0.39, 0.29) is 5.91 Å². The van der Waals surface area contributed by atoms with E-state index in [1.165, 1.54) is 16.8 Å². The monoisotopic (exact) mass is 440 g/mol. The van der Waals surface area contributed by atoms with Crippen molar-refractivity contribution in [3.63, 3.8) is 0 Å². The van der Waals surface area contributed by atoms with Gasteiger partial charge < -0.3 is 10.6 Å². The maximum Gasteiger partial charge on any atom is 0.251 e. The van der Waals surface area contributed by atoms with Gasteiger partial charge in [-0.25, -0.2) is 9.97 Å². The maximum absolute atomic E-state index is 12.6. The van der Waals surface area contributed by atoms with Crippen molar-refractivity contribution < 1.29 is 4.79 Å². The number of nitrogens with zero attached hydrogens (tertiary/aromatic N) is 2. The van der Waals surface area contributed by atoms with Crippen LogP contribution in [-0.4, -0.2) is 22.1 Å². The molecule has 4 rings (SSSR count). The van der Waals surface area contributed by atoms with E-state index in [0.717, 1.165) is 22.5 Å². The van der Waals surface area contributed by atoms with Crippen molar-refractivity contribution in [1.82, 2.24) is 15.3 Å². The normalized spacial score (nSPS) is 10.6. The van der Waals surface area contributed by atoms with Crippen molar-refractivity contribution in [2.24, 2.45) is 0 Å². The van der Waals surface area contributed by atoms with E-state index in [1.54, 1.807) is 17.8 Å². The highest BCUT2D eigenvalue weighted by Gasteiger charge is 2.08. The van der Waals surface area contributed by atoms with Crippen LogP contribution >= 0.6 is 11.8 Å². The summed E-state index contributed by atoms with van der Waals surface area (Å²) in [4.78, 5) is 22.5. The average Bonchev–Trinajstić information content (AvgIpc) is 2.83. The quantitative estimate of drug-likeness (QED) is 0.353. The van der Waals surface area contributed by atoms with Crippen LogP contribution in [0.5, 0.6) is 0 Å². The third kappa shape index (κ3) is 5.53. The first-order valence-corrected chi connectivity index (χ1v) is 11.5. The topological polar surface area (TPSA) is 66.9 Å². The lowest BCUT2D eigenvalue weighted by Gasteiger charge is -2.10. The second-order valence-electron chi connectivity index (χ2n) is 7.39. The summed E-state index contributed by atoms with van der Waals surface area (Å²) in [5.74, 6) is 0.549. The first-order chi connectivity index (χ1) is 15.6. The van der Waals surface area contributed by atoms with Crippen LogP contribution in [0.15, 0.2) is 90.1 Å². The number of aryl methyl sites for hydroxylation is 1. The zero-order valence-corrected chi connectivity index (χ0v) is 18.8. The Hall–Kier alpha value is -3.64. The lowest BCUT2D eigenvalue weighted by molar-refractivity contribution is 0.0951. The fraction of sp³-hybridized carbons (Fsp3) is 0.115. The molecule has 5 nitrogen and oxygen atoms in total. The van der Waals surface area contributed by atoms with Crippen LogP contribution in [0.1, 0.15) is 21.5 Å². The lowest BCUT2D eigenvalue weighted by Crippen LogP contribution is -2.22. The van der Waals surface area contributed by atoms with Gasteiger partial charge in [-0.3, -0.25) is 4.79 Å². The highest BCUT2D eigenvalue weighted by atomic mass is 32.2. The van der Waals surface area contributed by atoms with Crippen LogP contribution in [0.25, 0.3) is 11.3 Å². The predicted molar refractivity (Wildman–Crippen MR) is 131 cm³/mol. The number of carbonyl (C=O) groups is 1. The Labute approximate surface area is 192 Å². The summed E-state index contributed by atoms with van der Waals surface area (Å²) < 4.78 is 0. The Morgan fingerprint density at radius 3 is 2.47 bits per heavy atom. The molecule has 0 aliphatic heterocycles.